The molecule has 0 aliphatic heterocycles. The van der Waals surface area contributed by atoms with Gasteiger partial charge in [0.2, 0.25) is 0 Å². The monoisotopic (exact) mass is 718 g/mol. The molecule has 0 fully saturated rings. The third kappa shape index (κ3) is 256. The van der Waals surface area contributed by atoms with E-state index in [1.54, 1.807) is 41.5 Å². The predicted molar refractivity (Wildman–Crippen MR) is 111 cm³/mol. The van der Waals surface area contributed by atoms with Gasteiger partial charge in [0.25, 0.3) is 0 Å². The smallest absolute Gasteiger partial charge is 0.303 e. The van der Waals surface area contributed by atoms with Crippen molar-refractivity contribution >= 4 is 35.8 Å². The molecule has 0 radical (unpaired) electrons. The van der Waals surface area contributed by atoms with Crippen molar-refractivity contribution in [3.63, 3.8) is 0 Å². The van der Waals surface area contributed by atoms with E-state index in [2.05, 4.69) is 0 Å². The average molecular weight is 724 g/mol. The van der Waals surface area contributed by atoms with E-state index in [9.17, 15) is 28.8 Å². The average Bonchev–Trinajstić information content (AvgIpc) is 2.69. The summed E-state index contributed by atoms with van der Waals surface area (Å²) >= 11 is 0. The van der Waals surface area contributed by atoms with Gasteiger partial charge in [0.05, 0.1) is 0 Å². The van der Waals surface area contributed by atoms with E-state index in [1.807, 2.05) is 0 Å². The summed E-state index contributed by atoms with van der Waals surface area (Å²) in [5.41, 5.74) is 0. The number of carboxylic acid groups (broad SMARTS) is 6. The third-order valence-corrected chi connectivity index (χ3v) is 1.81. The van der Waals surface area contributed by atoms with Crippen LogP contribution in [0.25, 0.3) is 0 Å². The second kappa shape index (κ2) is 64.0. The van der Waals surface area contributed by atoms with Gasteiger partial charge < -0.3 is 36.1 Å². The van der Waals surface area contributed by atoms with Crippen molar-refractivity contribution in [2.45, 2.75) is 80.1 Å². The van der Waals surface area contributed by atoms with Crippen LogP contribution in [0.4, 0.5) is 0 Å². The maximum atomic E-state index is 9.37. The molecule has 0 aromatic heterocycles. The molecule has 8 N–H and O–H groups in total. The van der Waals surface area contributed by atoms with E-state index in [4.69, 9.17) is 30.6 Å². The first-order chi connectivity index (χ1) is 13.6. The van der Waals surface area contributed by atoms with Gasteiger partial charge in [-0.05, 0) is 0 Å². The van der Waals surface area contributed by atoms with Gasteiger partial charge in [0.15, 0.2) is 0 Å². The van der Waals surface area contributed by atoms with E-state index in [0.717, 1.165) is 0 Å². The second-order valence-corrected chi connectivity index (χ2v) is 4.48. The summed E-state index contributed by atoms with van der Waals surface area (Å²) in [7, 11) is 0. The number of carboxylic acids is 6. The fraction of sp³-hybridized carbons (Fsp3) is 0.667. The maximum Gasteiger partial charge on any atom is 0.303 e. The van der Waals surface area contributed by atoms with E-state index >= 15 is 0 Å². The van der Waals surface area contributed by atoms with E-state index in [0.29, 0.717) is 0 Å². The van der Waals surface area contributed by atoms with Crippen LogP contribution in [0.5, 0.6) is 0 Å². The molecule has 0 aromatic carbocycles. The van der Waals surface area contributed by atoms with Crippen LogP contribution in [0, 0.1) is 0 Å². The van der Waals surface area contributed by atoms with Crippen molar-refractivity contribution in [3.05, 3.63) is 0 Å². The maximum absolute atomic E-state index is 9.37. The number of aliphatic carboxylic acids is 6. The normalized spacial score (nSPS) is 6.34. The van der Waals surface area contributed by atoms with Gasteiger partial charge in [-0.2, -0.15) is 0 Å². The fourth-order valence-corrected chi connectivity index (χ4v) is 0. The molecule has 0 saturated heterocycles. The van der Waals surface area contributed by atoms with Crippen molar-refractivity contribution < 1.29 is 143 Å². The van der Waals surface area contributed by atoms with Gasteiger partial charge in [0.1, 0.15) is 0 Å². The van der Waals surface area contributed by atoms with Crippen LogP contribution in [-0.4, -0.2) is 71.9 Å². The molecule has 0 aliphatic rings. The van der Waals surface area contributed by atoms with Crippen LogP contribution in [-0.2, 0) is 107 Å². The van der Waals surface area contributed by atoms with Crippen molar-refractivity contribution in [2.75, 3.05) is 0 Å². The molecule has 0 atom stereocenters. The Morgan fingerprint density at radius 2 is 0.371 bits per heavy atom. The molecular formula is C18H38O13Zn4. The molecule has 0 unspecified atom stereocenters. The van der Waals surface area contributed by atoms with Gasteiger partial charge in [-0.15, -0.1) is 0 Å². The fourth-order valence-electron chi connectivity index (χ4n) is 0. The largest absolute Gasteiger partial charge is 0.481 e. The molecule has 0 aliphatic carbocycles. The Hall–Kier alpha value is -0.726. The van der Waals surface area contributed by atoms with Crippen molar-refractivity contribution in [3.8, 4) is 0 Å². The predicted octanol–water partition coefficient (Wildman–Crippen LogP) is 2.05. The molecule has 0 bridgehead atoms. The quantitative estimate of drug-likeness (QED) is 0.215. The Balaban J connectivity index is -0.0000000213. The van der Waals surface area contributed by atoms with Gasteiger partial charge in [-0.25, -0.2) is 0 Å². The summed E-state index contributed by atoms with van der Waals surface area (Å²) in [4.78, 5) is 56.2. The minimum absolute atomic E-state index is 0. The first kappa shape index (κ1) is 70.1. The Bertz CT molecular complexity index is 369. The number of hydrogen-bond acceptors (Lipinski definition) is 6. The summed E-state index contributed by atoms with van der Waals surface area (Å²) in [6.45, 7) is 9.60. The summed E-state index contributed by atoms with van der Waals surface area (Å²) in [6, 6.07) is 0. The number of hydrogen-bond donors (Lipinski definition) is 6. The van der Waals surface area contributed by atoms with Crippen molar-refractivity contribution in [1.29, 1.82) is 0 Å². The molecule has 0 saturated carbocycles. The molecule has 196 valence electrons. The SMILES string of the molecule is CCC(=O)O.CCC(=O)O.CCC(=O)O.CCC(=O)O.CCC(=O)O.CCC(=O)O.O.[Zn].[Zn].[Zn].[Zn]. The minimum atomic E-state index is -0.745. The van der Waals surface area contributed by atoms with Crippen LogP contribution in [0.2, 0.25) is 0 Å². The zero-order valence-corrected chi connectivity index (χ0v) is 33.6. The standard InChI is InChI=1S/6C3H6O2.H2O.4Zn/c6*1-2-3(4)5;;;;;/h6*2H2,1H3,(H,4,5);1H2;;;;. The van der Waals surface area contributed by atoms with Crippen LogP contribution >= 0.6 is 0 Å². The van der Waals surface area contributed by atoms with E-state index < -0.39 is 35.8 Å². The number of rotatable bonds is 6. The molecule has 35 heavy (non-hydrogen) atoms. The summed E-state index contributed by atoms with van der Waals surface area (Å²) < 4.78 is 0. The first-order valence-electron chi connectivity index (χ1n) is 8.93. The van der Waals surface area contributed by atoms with Crippen LogP contribution in [0.1, 0.15) is 80.1 Å². The zero-order chi connectivity index (χ0) is 25.7. The van der Waals surface area contributed by atoms with Gasteiger partial charge in [-0.1, -0.05) is 41.5 Å². The van der Waals surface area contributed by atoms with Gasteiger partial charge in [0, 0.05) is 116 Å². The molecule has 17 heteroatoms. The van der Waals surface area contributed by atoms with Crippen molar-refractivity contribution in [1.82, 2.24) is 0 Å². The van der Waals surface area contributed by atoms with Crippen LogP contribution < -0.4 is 0 Å². The Morgan fingerprint density at radius 3 is 0.371 bits per heavy atom. The Kier molecular flexibility index (Phi) is 128. The summed E-state index contributed by atoms with van der Waals surface area (Å²) in [6.07, 6.45) is 1.33. The Morgan fingerprint density at radius 1 is 0.343 bits per heavy atom. The molecule has 0 spiro atoms. The zero-order valence-electron chi connectivity index (χ0n) is 21.7. The molecule has 0 aromatic rings. The third-order valence-electron chi connectivity index (χ3n) is 1.81. The van der Waals surface area contributed by atoms with Gasteiger partial charge in [-0.3, -0.25) is 28.8 Å². The minimum Gasteiger partial charge on any atom is -0.481 e. The second-order valence-electron chi connectivity index (χ2n) is 4.48. The Labute approximate surface area is 257 Å². The molecule has 0 rings (SSSR count). The van der Waals surface area contributed by atoms with E-state index in [-0.39, 0.29) is 122 Å². The van der Waals surface area contributed by atoms with Crippen molar-refractivity contribution in [2.24, 2.45) is 0 Å². The molecular weight excluding hydrogens is 686 g/mol. The van der Waals surface area contributed by atoms with E-state index in [1.165, 1.54) is 0 Å². The topological polar surface area (TPSA) is 255 Å². The number of carbonyl (C=O) groups is 6. The van der Waals surface area contributed by atoms with Crippen LogP contribution in [0.3, 0.4) is 0 Å². The summed E-state index contributed by atoms with van der Waals surface area (Å²) in [5.74, 6) is -4.47. The molecule has 0 amide bonds. The first-order valence-corrected chi connectivity index (χ1v) is 8.93. The molecule has 0 heterocycles. The molecule has 13 nitrogen and oxygen atoms in total. The van der Waals surface area contributed by atoms with Gasteiger partial charge >= 0.3 is 35.8 Å². The van der Waals surface area contributed by atoms with Crippen LogP contribution in [0.15, 0.2) is 0 Å². The summed E-state index contributed by atoms with van der Waals surface area (Å²) in [5, 5.41) is 46.3.